The smallest absolute Gasteiger partial charge is 0.419 e. The first kappa shape index (κ1) is 18.2. The van der Waals surface area contributed by atoms with Gasteiger partial charge in [0.05, 0.1) is 29.1 Å². The van der Waals surface area contributed by atoms with Crippen LogP contribution in [0, 0.1) is 5.82 Å². The third-order valence-corrected chi connectivity index (χ3v) is 3.53. The Bertz CT molecular complexity index is 828. The second-order valence-electron chi connectivity index (χ2n) is 4.41. The van der Waals surface area contributed by atoms with E-state index in [1.807, 2.05) is 0 Å². The van der Waals surface area contributed by atoms with Crippen molar-refractivity contribution in [2.45, 2.75) is 6.18 Å². The number of nitrogen functional groups attached to an aromatic ring is 1. The molecule has 0 aliphatic carbocycles. The summed E-state index contributed by atoms with van der Waals surface area (Å²) in [6.45, 7) is 0. The van der Waals surface area contributed by atoms with Gasteiger partial charge >= 0.3 is 12.1 Å². The number of rotatable bonds is 2. The minimum atomic E-state index is -4.88. The van der Waals surface area contributed by atoms with Gasteiger partial charge in [0.1, 0.15) is 10.8 Å². The lowest BCUT2D eigenvalue weighted by Gasteiger charge is -2.12. The molecule has 128 valence electrons. The molecule has 0 spiro atoms. The average Bonchev–Trinajstić information content (AvgIpc) is 2.50. The first-order chi connectivity index (χ1) is 11.1. The SMILES string of the molecule is COC(=O)c1nc(-c2nc(Cl)c(C(F)(F)F)cc2F)cc(N)c1Cl. The molecular formula is C13H7Cl2F4N3O2. The number of carbonyl (C=O) groups excluding carboxylic acids is 1. The van der Waals surface area contributed by atoms with Crippen LogP contribution in [0.2, 0.25) is 10.2 Å². The largest absolute Gasteiger partial charge is 0.464 e. The third-order valence-electron chi connectivity index (χ3n) is 2.84. The zero-order valence-electron chi connectivity index (χ0n) is 11.7. The first-order valence-corrected chi connectivity index (χ1v) is 6.79. The number of aromatic nitrogens is 2. The van der Waals surface area contributed by atoms with E-state index in [1.54, 1.807) is 0 Å². The van der Waals surface area contributed by atoms with Crippen molar-refractivity contribution in [2.24, 2.45) is 0 Å². The number of alkyl halides is 3. The molecule has 2 heterocycles. The van der Waals surface area contributed by atoms with Gasteiger partial charge in [-0.05, 0) is 12.1 Å². The van der Waals surface area contributed by atoms with Gasteiger partial charge in [0.2, 0.25) is 0 Å². The number of hydrogen-bond acceptors (Lipinski definition) is 5. The van der Waals surface area contributed by atoms with Crippen molar-refractivity contribution in [1.29, 1.82) is 0 Å². The standard InChI is InChI=1S/C13H7Cl2F4N3O2/c1-24-12(23)10-8(14)6(20)3-7(21-10)9-5(16)2-4(11(15)22-9)13(17,18)19/h2-3H,1H3,(H2,20,21). The van der Waals surface area contributed by atoms with Crippen LogP contribution in [-0.4, -0.2) is 23.0 Å². The predicted octanol–water partition coefficient (Wildman–Crippen LogP) is 3.98. The Morgan fingerprint density at radius 2 is 1.88 bits per heavy atom. The minimum absolute atomic E-state index is 0.167. The molecule has 0 aromatic carbocycles. The van der Waals surface area contributed by atoms with E-state index < -0.39 is 40.1 Å². The second-order valence-corrected chi connectivity index (χ2v) is 5.14. The number of methoxy groups -OCH3 is 1. The monoisotopic (exact) mass is 383 g/mol. The summed E-state index contributed by atoms with van der Waals surface area (Å²) in [5.74, 6) is -2.32. The van der Waals surface area contributed by atoms with Crippen LogP contribution in [-0.2, 0) is 10.9 Å². The maximum atomic E-state index is 14.0. The molecule has 0 radical (unpaired) electrons. The van der Waals surface area contributed by atoms with Crippen molar-refractivity contribution >= 4 is 34.9 Å². The van der Waals surface area contributed by atoms with Gasteiger partial charge in [0.25, 0.3) is 0 Å². The minimum Gasteiger partial charge on any atom is -0.464 e. The predicted molar refractivity (Wildman–Crippen MR) is 78.2 cm³/mol. The van der Waals surface area contributed by atoms with Crippen LogP contribution in [0.3, 0.4) is 0 Å². The van der Waals surface area contributed by atoms with Gasteiger partial charge in [0.15, 0.2) is 11.5 Å². The molecule has 0 atom stereocenters. The lowest BCUT2D eigenvalue weighted by molar-refractivity contribution is -0.137. The molecule has 0 saturated heterocycles. The fourth-order valence-electron chi connectivity index (χ4n) is 1.75. The number of nitrogens with two attached hydrogens (primary N) is 1. The average molecular weight is 384 g/mol. The van der Waals surface area contributed by atoms with Gasteiger partial charge in [-0.15, -0.1) is 0 Å². The molecule has 0 aliphatic rings. The Morgan fingerprint density at radius 3 is 2.42 bits per heavy atom. The molecule has 5 nitrogen and oxygen atoms in total. The first-order valence-electron chi connectivity index (χ1n) is 6.04. The lowest BCUT2D eigenvalue weighted by Crippen LogP contribution is -2.11. The number of ether oxygens (including phenoxy) is 1. The summed E-state index contributed by atoms with van der Waals surface area (Å²) >= 11 is 11.3. The fraction of sp³-hybridized carbons (Fsp3) is 0.154. The normalized spacial score (nSPS) is 11.5. The molecule has 2 rings (SSSR count). The number of nitrogens with zero attached hydrogens (tertiary/aromatic N) is 2. The molecule has 0 bridgehead atoms. The quantitative estimate of drug-likeness (QED) is 0.482. The molecule has 0 fully saturated rings. The van der Waals surface area contributed by atoms with Crippen LogP contribution >= 0.6 is 23.2 Å². The van der Waals surface area contributed by atoms with Crippen molar-refractivity contribution in [2.75, 3.05) is 12.8 Å². The van der Waals surface area contributed by atoms with Gasteiger partial charge in [0, 0.05) is 0 Å². The summed E-state index contributed by atoms with van der Waals surface area (Å²) in [5.41, 5.74) is 2.59. The van der Waals surface area contributed by atoms with Crippen LogP contribution in [0.15, 0.2) is 12.1 Å². The number of halogens is 6. The molecule has 2 aromatic rings. The number of carbonyl (C=O) groups is 1. The molecule has 2 aromatic heterocycles. The van der Waals surface area contributed by atoms with E-state index in [2.05, 4.69) is 14.7 Å². The summed E-state index contributed by atoms with van der Waals surface area (Å²) in [6, 6.07) is 1.22. The number of esters is 1. The molecule has 2 N–H and O–H groups in total. The van der Waals surface area contributed by atoms with Crippen LogP contribution in [0.4, 0.5) is 23.2 Å². The molecule has 24 heavy (non-hydrogen) atoms. The van der Waals surface area contributed by atoms with Crippen LogP contribution in [0.5, 0.6) is 0 Å². The van der Waals surface area contributed by atoms with E-state index in [4.69, 9.17) is 28.9 Å². The topological polar surface area (TPSA) is 78.1 Å². The van der Waals surface area contributed by atoms with Crippen LogP contribution < -0.4 is 5.73 Å². The molecule has 11 heteroatoms. The fourth-order valence-corrected chi connectivity index (χ4v) is 2.17. The third kappa shape index (κ3) is 3.36. The second kappa shape index (κ2) is 6.40. The molecule has 0 amide bonds. The molecule has 0 saturated carbocycles. The van der Waals surface area contributed by atoms with Gasteiger partial charge in [-0.1, -0.05) is 23.2 Å². The molecule has 0 unspecified atom stereocenters. The van der Waals surface area contributed by atoms with E-state index in [0.29, 0.717) is 0 Å². The number of hydrogen-bond donors (Lipinski definition) is 1. The maximum absolute atomic E-state index is 14.0. The Morgan fingerprint density at radius 1 is 1.25 bits per heavy atom. The van der Waals surface area contributed by atoms with Crippen molar-refractivity contribution < 1.29 is 27.1 Å². The van der Waals surface area contributed by atoms with Crippen molar-refractivity contribution in [3.05, 3.63) is 39.4 Å². The maximum Gasteiger partial charge on any atom is 0.419 e. The van der Waals surface area contributed by atoms with Crippen LogP contribution in [0.1, 0.15) is 16.1 Å². The van der Waals surface area contributed by atoms with Gasteiger partial charge in [-0.2, -0.15) is 13.2 Å². The highest BCUT2D eigenvalue weighted by molar-refractivity contribution is 6.35. The Labute approximate surface area is 142 Å². The Hall–Kier alpha value is -2.13. The summed E-state index contributed by atoms with van der Waals surface area (Å²) in [6.07, 6.45) is -4.88. The van der Waals surface area contributed by atoms with Crippen LogP contribution in [0.25, 0.3) is 11.4 Å². The van der Waals surface area contributed by atoms with E-state index >= 15 is 0 Å². The Kier molecular flexibility index (Phi) is 4.86. The highest BCUT2D eigenvalue weighted by Gasteiger charge is 2.35. The van der Waals surface area contributed by atoms with Crippen molar-refractivity contribution in [3.63, 3.8) is 0 Å². The zero-order valence-corrected chi connectivity index (χ0v) is 13.2. The Balaban J connectivity index is 2.67. The number of anilines is 1. The summed E-state index contributed by atoms with van der Waals surface area (Å²) < 4.78 is 56.6. The summed E-state index contributed by atoms with van der Waals surface area (Å²) in [7, 11) is 1.05. The molecular weight excluding hydrogens is 377 g/mol. The highest BCUT2D eigenvalue weighted by atomic mass is 35.5. The van der Waals surface area contributed by atoms with E-state index in [1.165, 1.54) is 0 Å². The van der Waals surface area contributed by atoms with E-state index in [-0.39, 0.29) is 22.5 Å². The van der Waals surface area contributed by atoms with Gasteiger partial charge in [-0.25, -0.2) is 19.2 Å². The highest BCUT2D eigenvalue weighted by Crippen LogP contribution is 2.37. The summed E-state index contributed by atoms with van der Waals surface area (Å²) in [4.78, 5) is 18.7. The van der Waals surface area contributed by atoms with E-state index in [0.717, 1.165) is 13.2 Å². The summed E-state index contributed by atoms with van der Waals surface area (Å²) in [5, 5.41) is -1.22. The van der Waals surface area contributed by atoms with Gasteiger partial charge in [-0.3, -0.25) is 0 Å². The lowest BCUT2D eigenvalue weighted by atomic mass is 10.1. The zero-order chi connectivity index (χ0) is 18.2. The molecule has 0 aliphatic heterocycles. The van der Waals surface area contributed by atoms with Gasteiger partial charge < -0.3 is 10.5 Å². The van der Waals surface area contributed by atoms with Crippen molar-refractivity contribution in [1.82, 2.24) is 9.97 Å². The van der Waals surface area contributed by atoms with E-state index in [9.17, 15) is 22.4 Å². The van der Waals surface area contributed by atoms with Crippen molar-refractivity contribution in [3.8, 4) is 11.4 Å². The number of pyridine rings is 2.